The Morgan fingerprint density at radius 2 is 2.31 bits per heavy atom. The molecule has 1 N–H and O–H groups in total. The molecule has 0 fully saturated rings. The smallest absolute Gasteiger partial charge is 0.207 e. The summed E-state index contributed by atoms with van der Waals surface area (Å²) in [4.78, 5) is 9.92. The van der Waals surface area contributed by atoms with E-state index in [9.17, 15) is 4.79 Å². The number of amides is 1. The van der Waals surface area contributed by atoms with Gasteiger partial charge in [-0.2, -0.15) is 0 Å². The quantitative estimate of drug-likeness (QED) is 0.204. The van der Waals surface area contributed by atoms with Crippen LogP contribution in [0.2, 0.25) is 0 Å². The van der Waals surface area contributed by atoms with E-state index in [0.717, 1.165) is 32.5 Å². The molecule has 0 aromatic rings. The average Bonchev–Trinajstić information content (AvgIpc) is 2.12. The van der Waals surface area contributed by atoms with Crippen molar-refractivity contribution in [3.05, 3.63) is 11.6 Å². The van der Waals surface area contributed by atoms with Gasteiger partial charge < -0.3 is 5.32 Å². The predicted octanol–water partition coefficient (Wildman–Crippen LogP) is 0.802. The number of carbonyl (C=O) groups is 1. The second kappa shape index (κ2) is 7.53. The Hall–Kier alpha value is -1.12. The van der Waals surface area contributed by atoms with Gasteiger partial charge in [-0.3, -0.25) is 4.79 Å². The number of nitrogens with one attached hydrogen (secondary N) is 1. The van der Waals surface area contributed by atoms with E-state index in [1.807, 2.05) is 11.5 Å². The first-order valence-corrected chi connectivity index (χ1v) is 4.55. The lowest BCUT2D eigenvalue weighted by Crippen LogP contribution is -2.19. The van der Waals surface area contributed by atoms with Gasteiger partial charge in [-0.1, -0.05) is 6.08 Å². The van der Waals surface area contributed by atoms with Crippen LogP contribution in [0.4, 0.5) is 0 Å². The molecule has 0 heterocycles. The molecule has 0 aromatic carbocycles. The fourth-order valence-electron chi connectivity index (χ4n) is 0.987. The Balaban J connectivity index is 3.46. The van der Waals surface area contributed by atoms with Crippen molar-refractivity contribution in [2.24, 2.45) is 0 Å². The van der Waals surface area contributed by atoms with Crippen LogP contribution < -0.4 is 5.32 Å². The number of allylic oxidation sites excluding steroid dienone is 1. The average molecular weight is 183 g/mol. The minimum absolute atomic E-state index is 0.727. The summed E-state index contributed by atoms with van der Waals surface area (Å²) in [5, 5.41) is 2.62. The van der Waals surface area contributed by atoms with E-state index < -0.39 is 0 Å². The highest BCUT2D eigenvalue weighted by Gasteiger charge is 2.00. The summed E-state index contributed by atoms with van der Waals surface area (Å²) in [7, 11) is 0. The van der Waals surface area contributed by atoms with Crippen molar-refractivity contribution in [2.45, 2.75) is 20.3 Å². The molecule has 0 aliphatic heterocycles. The molecule has 0 unspecified atom stereocenters. The minimum Gasteiger partial charge on any atom is -0.358 e. The second-order valence-electron chi connectivity index (χ2n) is 3.11. The van der Waals surface area contributed by atoms with E-state index in [-0.39, 0.29) is 0 Å². The normalized spacial score (nSPS) is 11.1. The molecule has 13 heavy (non-hydrogen) atoms. The molecule has 0 rings (SSSR count). The van der Waals surface area contributed by atoms with Gasteiger partial charge in [0.2, 0.25) is 6.41 Å². The Morgan fingerprint density at radius 1 is 1.62 bits per heavy atom. The summed E-state index contributed by atoms with van der Waals surface area (Å²) in [5.41, 5.74) is 1.32. The van der Waals surface area contributed by atoms with Crippen molar-refractivity contribution < 1.29 is 9.37 Å². The largest absolute Gasteiger partial charge is 0.358 e. The first-order valence-electron chi connectivity index (χ1n) is 4.55. The maximum atomic E-state index is 9.92. The third kappa shape index (κ3) is 7.25. The minimum atomic E-state index is 0.727. The Morgan fingerprint density at radius 3 is 2.85 bits per heavy atom. The lowest BCUT2D eigenvalue weighted by molar-refractivity contribution is -0.511. The van der Waals surface area contributed by atoms with E-state index in [1.54, 1.807) is 0 Å². The third-order valence-corrected chi connectivity index (χ3v) is 1.84. The Bertz CT molecular complexity index is 197. The van der Waals surface area contributed by atoms with E-state index in [1.165, 1.54) is 5.57 Å². The second-order valence-corrected chi connectivity index (χ2v) is 3.11. The molecular formula is C10H19N2O+. The molecule has 74 valence electrons. The van der Waals surface area contributed by atoms with Crippen molar-refractivity contribution in [1.29, 1.82) is 0 Å². The standard InChI is InChI=1S/C10H18N2O/c1-4-10(2)8-12(3)7-5-6-11-9-13/h4,9H,3,5-8H2,1-2H3/p+1/b10-4+. The van der Waals surface area contributed by atoms with Crippen LogP contribution in [0.25, 0.3) is 0 Å². The molecule has 3 heteroatoms. The van der Waals surface area contributed by atoms with Gasteiger partial charge >= 0.3 is 0 Å². The highest BCUT2D eigenvalue weighted by molar-refractivity contribution is 5.45. The number of nitrogens with zero attached hydrogens (tertiary/aromatic N) is 1. The van der Waals surface area contributed by atoms with E-state index >= 15 is 0 Å². The van der Waals surface area contributed by atoms with E-state index in [4.69, 9.17) is 0 Å². The number of carbonyl (C=O) groups excluding carboxylic acids is 1. The molecule has 0 spiro atoms. The summed E-state index contributed by atoms with van der Waals surface area (Å²) in [6.07, 6.45) is 3.76. The molecular weight excluding hydrogens is 164 g/mol. The molecule has 0 aliphatic carbocycles. The zero-order valence-corrected chi connectivity index (χ0v) is 8.55. The fraction of sp³-hybridized carbons (Fsp3) is 0.600. The van der Waals surface area contributed by atoms with Crippen LogP contribution in [0.15, 0.2) is 11.6 Å². The number of hydrogen-bond acceptors (Lipinski definition) is 1. The van der Waals surface area contributed by atoms with Crippen molar-refractivity contribution >= 4 is 13.1 Å². The van der Waals surface area contributed by atoms with Crippen LogP contribution in [0, 0.1) is 0 Å². The van der Waals surface area contributed by atoms with Crippen LogP contribution in [-0.4, -0.2) is 37.3 Å². The van der Waals surface area contributed by atoms with Gasteiger partial charge in [0, 0.05) is 13.0 Å². The van der Waals surface area contributed by atoms with Gasteiger partial charge in [0.25, 0.3) is 0 Å². The van der Waals surface area contributed by atoms with E-state index in [0.29, 0.717) is 0 Å². The summed E-state index contributed by atoms with van der Waals surface area (Å²) in [6.45, 7) is 10.5. The first-order chi connectivity index (χ1) is 6.20. The highest BCUT2D eigenvalue weighted by atomic mass is 16.1. The summed E-state index contributed by atoms with van der Waals surface area (Å²) >= 11 is 0. The Kier molecular flexibility index (Phi) is 6.88. The van der Waals surface area contributed by atoms with Crippen LogP contribution in [0.3, 0.4) is 0 Å². The molecule has 1 amide bonds. The summed E-state index contributed by atoms with van der Waals surface area (Å²) < 4.78 is 2.00. The van der Waals surface area contributed by atoms with Crippen molar-refractivity contribution in [3.63, 3.8) is 0 Å². The molecule has 0 atom stereocenters. The first kappa shape index (κ1) is 11.9. The van der Waals surface area contributed by atoms with Crippen molar-refractivity contribution in [3.8, 4) is 0 Å². The van der Waals surface area contributed by atoms with Gasteiger partial charge in [-0.25, -0.2) is 4.58 Å². The zero-order valence-electron chi connectivity index (χ0n) is 8.55. The lowest BCUT2D eigenvalue weighted by Gasteiger charge is -2.01. The van der Waals surface area contributed by atoms with Gasteiger partial charge in [-0.15, -0.1) is 0 Å². The van der Waals surface area contributed by atoms with Crippen molar-refractivity contribution in [2.75, 3.05) is 19.6 Å². The van der Waals surface area contributed by atoms with Gasteiger partial charge in [-0.05, 0) is 19.4 Å². The molecule has 0 radical (unpaired) electrons. The van der Waals surface area contributed by atoms with Crippen LogP contribution in [0.5, 0.6) is 0 Å². The lowest BCUT2D eigenvalue weighted by atomic mass is 10.3. The summed E-state index contributed by atoms with van der Waals surface area (Å²) in [6, 6.07) is 0. The topological polar surface area (TPSA) is 32.1 Å². The van der Waals surface area contributed by atoms with Crippen molar-refractivity contribution in [1.82, 2.24) is 5.32 Å². The summed E-state index contributed by atoms with van der Waals surface area (Å²) in [5.74, 6) is 0. The Labute approximate surface area is 80.2 Å². The maximum absolute atomic E-state index is 9.92. The van der Waals surface area contributed by atoms with Gasteiger partial charge in [0.05, 0.1) is 0 Å². The third-order valence-electron chi connectivity index (χ3n) is 1.84. The van der Waals surface area contributed by atoms with E-state index in [2.05, 4.69) is 25.0 Å². The molecule has 3 nitrogen and oxygen atoms in total. The highest BCUT2D eigenvalue weighted by Crippen LogP contribution is 1.92. The maximum Gasteiger partial charge on any atom is 0.207 e. The molecule has 0 aliphatic rings. The zero-order chi connectivity index (χ0) is 10.1. The van der Waals surface area contributed by atoms with Crippen LogP contribution >= 0.6 is 0 Å². The predicted molar refractivity (Wildman–Crippen MR) is 55.2 cm³/mol. The fourth-order valence-corrected chi connectivity index (χ4v) is 0.987. The number of hydrogen-bond donors (Lipinski definition) is 1. The molecule has 0 aromatic heterocycles. The molecule has 0 bridgehead atoms. The molecule has 0 saturated carbocycles. The van der Waals surface area contributed by atoms with Gasteiger partial charge in [0.15, 0.2) is 6.54 Å². The SMILES string of the molecule is C=[N+](CCCNC=O)C/C(C)=C/C. The monoisotopic (exact) mass is 183 g/mol. The van der Waals surface area contributed by atoms with Gasteiger partial charge in [0.1, 0.15) is 13.3 Å². The van der Waals surface area contributed by atoms with Crippen LogP contribution in [-0.2, 0) is 4.79 Å². The molecule has 0 saturated heterocycles. The van der Waals surface area contributed by atoms with Crippen LogP contribution in [0.1, 0.15) is 20.3 Å². The number of rotatable bonds is 7.